The van der Waals surface area contributed by atoms with Gasteiger partial charge < -0.3 is 0 Å². The van der Waals surface area contributed by atoms with Gasteiger partial charge in [0.15, 0.2) is 11.6 Å². The molecule has 4 nitrogen and oxygen atoms in total. The number of benzene rings is 2. The van der Waals surface area contributed by atoms with Crippen molar-refractivity contribution in [2.75, 3.05) is 0 Å². The van der Waals surface area contributed by atoms with Crippen LogP contribution in [0.2, 0.25) is 0 Å². The SMILES string of the molecule is Cc1nc2c(nc1C)C(=O)C1C3c4ccccc4C(c4ccccc43)C1C2=O. The second-order valence-electron chi connectivity index (χ2n) is 8.08. The molecular weight excluding hydrogens is 348 g/mol. The number of carbonyl (C=O) groups is 2. The summed E-state index contributed by atoms with van der Waals surface area (Å²) in [5, 5.41) is 0. The number of hydrogen-bond donors (Lipinski definition) is 0. The van der Waals surface area contributed by atoms with Crippen molar-refractivity contribution in [2.45, 2.75) is 25.7 Å². The van der Waals surface area contributed by atoms with E-state index in [-0.39, 0.29) is 34.8 Å². The molecule has 4 aliphatic carbocycles. The van der Waals surface area contributed by atoms with Crippen LogP contribution in [0.3, 0.4) is 0 Å². The molecule has 4 aliphatic rings. The van der Waals surface area contributed by atoms with Gasteiger partial charge in [0.25, 0.3) is 0 Å². The van der Waals surface area contributed by atoms with Gasteiger partial charge in [-0.25, -0.2) is 9.97 Å². The Bertz CT molecular complexity index is 1070. The van der Waals surface area contributed by atoms with E-state index in [1.165, 1.54) is 22.3 Å². The molecule has 0 radical (unpaired) electrons. The molecule has 0 aliphatic heterocycles. The van der Waals surface area contributed by atoms with Gasteiger partial charge >= 0.3 is 0 Å². The fraction of sp³-hybridized carbons (Fsp3) is 0.250. The molecule has 2 unspecified atom stereocenters. The van der Waals surface area contributed by atoms with Gasteiger partial charge in [0, 0.05) is 23.7 Å². The van der Waals surface area contributed by atoms with E-state index in [4.69, 9.17) is 0 Å². The summed E-state index contributed by atoms with van der Waals surface area (Å²) in [6, 6.07) is 16.5. The van der Waals surface area contributed by atoms with E-state index in [0.717, 1.165) is 0 Å². The number of ketones is 2. The summed E-state index contributed by atoms with van der Waals surface area (Å²) in [6.45, 7) is 3.67. The Morgan fingerprint density at radius 1 is 0.607 bits per heavy atom. The van der Waals surface area contributed by atoms with Crippen molar-refractivity contribution in [2.24, 2.45) is 11.8 Å². The summed E-state index contributed by atoms with van der Waals surface area (Å²) in [5.74, 6) is -1.06. The number of nitrogens with zero attached hydrogens (tertiary/aromatic N) is 2. The van der Waals surface area contributed by atoms with Crippen LogP contribution in [-0.2, 0) is 0 Å². The predicted molar refractivity (Wildman–Crippen MR) is 104 cm³/mol. The Hall–Kier alpha value is -3.14. The lowest BCUT2D eigenvalue weighted by atomic mass is 9.50. The molecule has 2 bridgehead atoms. The van der Waals surface area contributed by atoms with E-state index in [2.05, 4.69) is 34.2 Å². The molecule has 4 heteroatoms. The van der Waals surface area contributed by atoms with Crippen LogP contribution in [0, 0.1) is 25.7 Å². The van der Waals surface area contributed by atoms with Gasteiger partial charge in [-0.15, -0.1) is 0 Å². The number of fused-ring (bicyclic) bond motifs is 1. The van der Waals surface area contributed by atoms with Gasteiger partial charge in [-0.1, -0.05) is 48.5 Å². The van der Waals surface area contributed by atoms with Crippen molar-refractivity contribution in [3.05, 3.63) is 93.6 Å². The van der Waals surface area contributed by atoms with Crippen molar-refractivity contribution < 1.29 is 9.59 Å². The molecule has 2 atom stereocenters. The highest BCUT2D eigenvalue weighted by Gasteiger charge is 2.58. The molecule has 0 fully saturated rings. The first-order valence-electron chi connectivity index (χ1n) is 9.69. The number of rotatable bonds is 0. The molecule has 1 aromatic heterocycles. The van der Waals surface area contributed by atoms with E-state index in [1.54, 1.807) is 0 Å². The van der Waals surface area contributed by atoms with E-state index < -0.39 is 11.8 Å². The lowest BCUT2D eigenvalue weighted by molar-refractivity contribution is 0.0653. The van der Waals surface area contributed by atoms with E-state index in [9.17, 15) is 9.59 Å². The monoisotopic (exact) mass is 366 g/mol. The molecule has 1 heterocycles. The maximum absolute atomic E-state index is 13.6. The lowest BCUT2D eigenvalue weighted by Crippen LogP contribution is -2.50. The topological polar surface area (TPSA) is 59.9 Å². The van der Waals surface area contributed by atoms with Gasteiger partial charge in [0.05, 0.1) is 11.4 Å². The Morgan fingerprint density at radius 3 is 1.25 bits per heavy atom. The number of hydrogen-bond acceptors (Lipinski definition) is 4. The number of carbonyl (C=O) groups excluding carboxylic acids is 2. The normalized spacial score (nSPS) is 26.4. The molecule has 3 aromatic rings. The van der Waals surface area contributed by atoms with Crippen LogP contribution in [0.5, 0.6) is 0 Å². The van der Waals surface area contributed by atoms with Crippen molar-refractivity contribution >= 4 is 11.6 Å². The first-order chi connectivity index (χ1) is 13.6. The Labute approximate surface area is 162 Å². The molecular formula is C24H18N2O2. The third-order valence-electron chi connectivity index (χ3n) is 6.82. The summed E-state index contributed by atoms with van der Waals surface area (Å²) in [5.41, 5.74) is 6.64. The van der Waals surface area contributed by atoms with Crippen molar-refractivity contribution in [3.8, 4) is 0 Å². The average molecular weight is 366 g/mol. The standard InChI is InChI=1S/C24H18N2O2/c1-11-12(2)26-22-21(25-11)23(27)19-17-13-7-3-5-9-15(13)18(20(19)24(22)28)16-10-6-4-8-14(16)17/h3-10,17-20H,1-2H3. The number of aromatic nitrogens is 2. The van der Waals surface area contributed by atoms with Crippen LogP contribution in [-0.4, -0.2) is 21.5 Å². The minimum Gasteiger partial charge on any atom is -0.292 e. The fourth-order valence-electron chi connectivity index (χ4n) is 5.57. The van der Waals surface area contributed by atoms with Gasteiger partial charge in [-0.2, -0.15) is 0 Å². The first-order valence-corrected chi connectivity index (χ1v) is 9.69. The highest BCUT2D eigenvalue weighted by atomic mass is 16.1. The van der Waals surface area contributed by atoms with Gasteiger partial charge in [0.2, 0.25) is 0 Å². The van der Waals surface area contributed by atoms with Crippen LogP contribution in [0.1, 0.15) is 66.5 Å². The number of aryl methyl sites for hydroxylation is 2. The van der Waals surface area contributed by atoms with E-state index in [1.807, 2.05) is 38.1 Å². The average Bonchev–Trinajstić information content (AvgIpc) is 2.73. The van der Waals surface area contributed by atoms with Gasteiger partial charge in [0.1, 0.15) is 11.4 Å². The Kier molecular flexibility index (Phi) is 2.96. The quantitative estimate of drug-likeness (QED) is 0.603. The predicted octanol–water partition coefficient (Wildman–Crippen LogP) is 4.00. The lowest BCUT2D eigenvalue weighted by Gasteiger charge is -2.50. The van der Waals surface area contributed by atoms with Crippen molar-refractivity contribution in [1.82, 2.24) is 9.97 Å². The summed E-state index contributed by atoms with van der Waals surface area (Å²) in [6.07, 6.45) is 0. The largest absolute Gasteiger partial charge is 0.292 e. The van der Waals surface area contributed by atoms with Crippen LogP contribution in [0.4, 0.5) is 0 Å². The molecule has 7 rings (SSSR count). The highest BCUT2D eigenvalue weighted by Crippen LogP contribution is 2.60. The van der Waals surface area contributed by atoms with Crippen LogP contribution in [0.25, 0.3) is 0 Å². The summed E-state index contributed by atoms with van der Waals surface area (Å²) < 4.78 is 0. The zero-order valence-electron chi connectivity index (χ0n) is 15.6. The molecule has 0 saturated carbocycles. The highest BCUT2D eigenvalue weighted by molar-refractivity contribution is 6.15. The third-order valence-corrected chi connectivity index (χ3v) is 6.82. The van der Waals surface area contributed by atoms with Crippen molar-refractivity contribution in [1.29, 1.82) is 0 Å². The summed E-state index contributed by atoms with van der Waals surface area (Å²) in [7, 11) is 0. The summed E-state index contributed by atoms with van der Waals surface area (Å²) >= 11 is 0. The second kappa shape index (κ2) is 5.22. The maximum atomic E-state index is 13.6. The molecule has 0 spiro atoms. The van der Waals surface area contributed by atoms with Gasteiger partial charge in [-0.05, 0) is 36.1 Å². The van der Waals surface area contributed by atoms with E-state index in [0.29, 0.717) is 11.4 Å². The molecule has 0 N–H and O–H groups in total. The molecule has 0 saturated heterocycles. The van der Waals surface area contributed by atoms with Crippen LogP contribution < -0.4 is 0 Å². The molecule has 2 aromatic carbocycles. The minimum absolute atomic E-state index is 0.0331. The zero-order valence-corrected chi connectivity index (χ0v) is 15.6. The van der Waals surface area contributed by atoms with E-state index >= 15 is 0 Å². The number of Topliss-reactive ketones (excluding diaryl/α,β-unsaturated/α-hetero) is 2. The Balaban J connectivity index is 1.67. The first kappa shape index (κ1) is 15.9. The third kappa shape index (κ3) is 1.76. The Morgan fingerprint density at radius 2 is 0.929 bits per heavy atom. The molecule has 136 valence electrons. The van der Waals surface area contributed by atoms with Crippen molar-refractivity contribution in [3.63, 3.8) is 0 Å². The zero-order chi connectivity index (χ0) is 19.2. The smallest absolute Gasteiger partial charge is 0.188 e. The second-order valence-corrected chi connectivity index (χ2v) is 8.08. The molecule has 0 amide bonds. The summed E-state index contributed by atoms with van der Waals surface area (Å²) in [4.78, 5) is 36.2. The molecule has 28 heavy (non-hydrogen) atoms. The maximum Gasteiger partial charge on any atom is 0.188 e. The fourth-order valence-corrected chi connectivity index (χ4v) is 5.57. The van der Waals surface area contributed by atoms with Gasteiger partial charge in [-0.3, -0.25) is 9.59 Å². The minimum atomic E-state index is -0.397. The van der Waals surface area contributed by atoms with Crippen LogP contribution in [0.15, 0.2) is 48.5 Å². The van der Waals surface area contributed by atoms with Crippen LogP contribution >= 0.6 is 0 Å².